The Kier molecular flexibility index (Phi) is 14.6. The Hall–Kier alpha value is -1.22. The van der Waals surface area contributed by atoms with E-state index in [0.717, 1.165) is 44.9 Å². The predicted octanol–water partition coefficient (Wildman–Crippen LogP) is 5.77. The normalized spacial score (nSPS) is 21.6. The molecule has 0 aromatic carbocycles. The van der Waals surface area contributed by atoms with Crippen LogP contribution in [-0.4, -0.2) is 73.0 Å². The summed E-state index contributed by atoms with van der Waals surface area (Å²) in [4.78, 5) is 25.5. The van der Waals surface area contributed by atoms with Gasteiger partial charge in [-0.1, -0.05) is 19.3 Å². The van der Waals surface area contributed by atoms with Crippen molar-refractivity contribution in [2.45, 2.75) is 162 Å². The lowest BCUT2D eigenvalue weighted by Crippen LogP contribution is -2.42. The van der Waals surface area contributed by atoms with E-state index in [-0.39, 0.29) is 61.8 Å². The zero-order valence-electron chi connectivity index (χ0n) is 25.1. The Morgan fingerprint density at radius 3 is 1.30 bits per heavy atom. The van der Waals surface area contributed by atoms with Gasteiger partial charge in [0.15, 0.2) is 11.2 Å². The van der Waals surface area contributed by atoms with E-state index in [2.05, 4.69) is 0 Å². The van der Waals surface area contributed by atoms with Gasteiger partial charge in [0.2, 0.25) is 0 Å². The van der Waals surface area contributed by atoms with Crippen LogP contribution in [0.5, 0.6) is 0 Å². The molecule has 0 aromatic heterocycles. The van der Waals surface area contributed by atoms with Crippen LogP contribution in [-0.2, 0) is 38.0 Å². The Morgan fingerprint density at radius 1 is 0.622 bits per heavy atom. The van der Waals surface area contributed by atoms with Crippen LogP contribution in [0.15, 0.2) is 0 Å². The molecule has 8 heteroatoms. The lowest BCUT2D eigenvalue weighted by atomic mass is 10.0. The van der Waals surface area contributed by atoms with E-state index in [1.807, 2.05) is 41.5 Å². The third kappa shape index (κ3) is 13.9. The van der Waals surface area contributed by atoms with Crippen molar-refractivity contribution in [1.29, 1.82) is 0 Å². The number of carbonyl (C=O) groups excluding carboxylic acids is 2. The number of ether oxygens (including phenoxy) is 6. The van der Waals surface area contributed by atoms with Crippen molar-refractivity contribution >= 4 is 11.9 Å². The predicted molar refractivity (Wildman–Crippen MR) is 144 cm³/mol. The molecule has 0 saturated heterocycles. The first-order valence-corrected chi connectivity index (χ1v) is 14.1. The molecule has 4 atom stereocenters. The largest absolute Gasteiger partial charge is 0.461 e. The second kappa shape index (κ2) is 16.0. The van der Waals surface area contributed by atoms with E-state index in [1.54, 1.807) is 27.7 Å². The third-order valence-corrected chi connectivity index (χ3v) is 6.18. The van der Waals surface area contributed by atoms with Gasteiger partial charge in [0, 0.05) is 0 Å². The van der Waals surface area contributed by atoms with Gasteiger partial charge in [-0.2, -0.15) is 0 Å². The van der Waals surface area contributed by atoms with Gasteiger partial charge in [0.1, 0.15) is 13.2 Å². The van der Waals surface area contributed by atoms with Crippen molar-refractivity contribution in [1.82, 2.24) is 0 Å². The van der Waals surface area contributed by atoms with Crippen LogP contribution >= 0.6 is 0 Å². The van der Waals surface area contributed by atoms with E-state index in [9.17, 15) is 9.59 Å². The van der Waals surface area contributed by atoms with E-state index < -0.39 is 11.2 Å². The maximum Gasteiger partial charge on any atom is 0.337 e. The summed E-state index contributed by atoms with van der Waals surface area (Å²) in [6.45, 7) is 19.0. The van der Waals surface area contributed by atoms with Crippen molar-refractivity contribution in [3.05, 3.63) is 0 Å². The quantitative estimate of drug-likeness (QED) is 0.261. The average Bonchev–Trinajstić information content (AvgIpc) is 2.86. The summed E-state index contributed by atoms with van der Waals surface area (Å²) in [5, 5.41) is 0. The van der Waals surface area contributed by atoms with E-state index >= 15 is 0 Å². The molecule has 0 aliphatic heterocycles. The average molecular weight is 531 g/mol. The molecule has 1 aliphatic carbocycles. The molecular formula is C29H54O8. The SMILES string of the molecule is CC(C)OC(C)COC(=O)C(C)(C)OC1CCCCCC(OC(C)(C)C(=O)OCC(C)OC(C)C)CC1. The van der Waals surface area contributed by atoms with Crippen LogP contribution in [0.1, 0.15) is 114 Å². The topological polar surface area (TPSA) is 89.5 Å². The Morgan fingerprint density at radius 2 is 0.973 bits per heavy atom. The molecule has 0 aromatic rings. The first-order chi connectivity index (χ1) is 17.1. The van der Waals surface area contributed by atoms with Gasteiger partial charge < -0.3 is 28.4 Å². The summed E-state index contributed by atoms with van der Waals surface area (Å²) < 4.78 is 34.9. The number of hydrogen-bond acceptors (Lipinski definition) is 8. The number of hydrogen-bond donors (Lipinski definition) is 0. The number of esters is 2. The van der Waals surface area contributed by atoms with Gasteiger partial charge in [-0.25, -0.2) is 9.59 Å². The Balaban J connectivity index is 2.65. The second-order valence-electron chi connectivity index (χ2n) is 11.9. The minimum atomic E-state index is -1.07. The van der Waals surface area contributed by atoms with Gasteiger partial charge in [-0.3, -0.25) is 0 Å². The van der Waals surface area contributed by atoms with Crippen LogP contribution in [0, 0.1) is 0 Å². The Labute approximate surface area is 225 Å². The lowest BCUT2D eigenvalue weighted by Gasteiger charge is -2.32. The fourth-order valence-corrected chi connectivity index (χ4v) is 4.49. The smallest absolute Gasteiger partial charge is 0.337 e. The number of rotatable bonds is 14. The molecule has 4 unspecified atom stereocenters. The van der Waals surface area contributed by atoms with E-state index in [4.69, 9.17) is 28.4 Å². The van der Waals surface area contributed by atoms with Crippen molar-refractivity contribution in [2.75, 3.05) is 13.2 Å². The monoisotopic (exact) mass is 530 g/mol. The highest BCUT2D eigenvalue weighted by Gasteiger charge is 2.36. The lowest BCUT2D eigenvalue weighted by molar-refractivity contribution is -0.183. The highest BCUT2D eigenvalue weighted by atomic mass is 16.6. The van der Waals surface area contributed by atoms with Gasteiger partial charge in [0.05, 0.1) is 36.6 Å². The summed E-state index contributed by atoms with van der Waals surface area (Å²) >= 11 is 0. The van der Waals surface area contributed by atoms with Crippen molar-refractivity contribution < 1.29 is 38.0 Å². The zero-order valence-corrected chi connectivity index (χ0v) is 25.1. The summed E-state index contributed by atoms with van der Waals surface area (Å²) in [6.07, 6.45) is 5.88. The third-order valence-electron chi connectivity index (χ3n) is 6.18. The number of carbonyl (C=O) groups is 2. The molecule has 0 N–H and O–H groups in total. The molecule has 1 saturated carbocycles. The highest BCUT2D eigenvalue weighted by Crippen LogP contribution is 2.28. The minimum Gasteiger partial charge on any atom is -0.461 e. The van der Waals surface area contributed by atoms with Crippen molar-refractivity contribution in [2.24, 2.45) is 0 Å². The molecule has 0 bridgehead atoms. The summed E-state index contributed by atoms with van der Waals surface area (Å²) in [7, 11) is 0. The van der Waals surface area contributed by atoms with E-state index in [0.29, 0.717) is 0 Å². The first kappa shape index (κ1) is 33.8. The molecule has 8 nitrogen and oxygen atoms in total. The van der Waals surface area contributed by atoms with E-state index in [1.165, 1.54) is 0 Å². The second-order valence-corrected chi connectivity index (χ2v) is 11.9. The van der Waals surface area contributed by atoms with Crippen LogP contribution in [0.25, 0.3) is 0 Å². The maximum absolute atomic E-state index is 12.8. The molecule has 0 heterocycles. The van der Waals surface area contributed by atoms with Crippen LogP contribution in [0.4, 0.5) is 0 Å². The van der Waals surface area contributed by atoms with Gasteiger partial charge >= 0.3 is 11.9 Å². The van der Waals surface area contributed by atoms with Crippen LogP contribution in [0.2, 0.25) is 0 Å². The molecule has 218 valence electrons. The van der Waals surface area contributed by atoms with Crippen LogP contribution < -0.4 is 0 Å². The van der Waals surface area contributed by atoms with Gasteiger partial charge in [-0.15, -0.1) is 0 Å². The summed E-state index contributed by atoms with van der Waals surface area (Å²) in [5.41, 5.74) is -2.13. The zero-order chi connectivity index (χ0) is 28.2. The van der Waals surface area contributed by atoms with Gasteiger partial charge in [0.25, 0.3) is 0 Å². The molecular weight excluding hydrogens is 476 g/mol. The van der Waals surface area contributed by atoms with Gasteiger partial charge in [-0.05, 0) is 94.9 Å². The first-order valence-electron chi connectivity index (χ1n) is 14.1. The van der Waals surface area contributed by atoms with Crippen molar-refractivity contribution in [3.63, 3.8) is 0 Å². The summed E-state index contributed by atoms with van der Waals surface area (Å²) in [6, 6.07) is 0. The molecule has 0 radical (unpaired) electrons. The molecule has 0 spiro atoms. The maximum atomic E-state index is 12.8. The molecule has 1 fully saturated rings. The van der Waals surface area contributed by atoms with Crippen molar-refractivity contribution in [3.8, 4) is 0 Å². The molecule has 1 aliphatic rings. The summed E-state index contributed by atoms with van der Waals surface area (Å²) in [5.74, 6) is -0.780. The molecule has 1 rings (SSSR count). The standard InChI is InChI=1S/C29H54O8/c1-20(2)34-22(5)18-32-26(30)28(7,8)36-24-14-12-11-13-15-25(17-16-24)37-29(9,10)27(31)33-19-23(6)35-21(3)4/h20-25H,11-19H2,1-10H3. The minimum absolute atomic E-state index is 0.0706. The van der Waals surface area contributed by atoms with Crippen LogP contribution in [0.3, 0.4) is 0 Å². The molecule has 0 amide bonds. The molecule has 37 heavy (non-hydrogen) atoms. The Bertz CT molecular complexity index is 617. The fourth-order valence-electron chi connectivity index (χ4n) is 4.49. The highest BCUT2D eigenvalue weighted by molar-refractivity contribution is 5.79. The fraction of sp³-hybridized carbons (Fsp3) is 0.931.